The minimum absolute atomic E-state index is 0.0103. The Balaban J connectivity index is 1.90. The first-order chi connectivity index (χ1) is 13.2. The Kier molecular flexibility index (Phi) is 5.87. The van der Waals surface area contributed by atoms with Crippen LogP contribution in [0.15, 0.2) is 51.8 Å². The molecule has 0 saturated carbocycles. The minimum atomic E-state index is -3.55. The summed E-state index contributed by atoms with van der Waals surface area (Å²) in [6, 6.07) is 11.8. The number of aryl methyl sites for hydroxylation is 1. The van der Waals surface area contributed by atoms with Gasteiger partial charge in [0.1, 0.15) is 12.4 Å². The Morgan fingerprint density at radius 2 is 1.96 bits per heavy atom. The van der Waals surface area contributed by atoms with Gasteiger partial charge in [-0.1, -0.05) is 22.0 Å². The number of imidazole rings is 1. The SMILES string of the molecule is CCn1c(COC(=O)c2cccc(Br)c2)nc2cc(S(=O)(=O)N(C)C)ccc21. The van der Waals surface area contributed by atoms with E-state index in [9.17, 15) is 13.2 Å². The highest BCUT2D eigenvalue weighted by Crippen LogP contribution is 2.23. The fourth-order valence-corrected chi connectivity index (χ4v) is 4.14. The van der Waals surface area contributed by atoms with Gasteiger partial charge in [0.25, 0.3) is 0 Å². The second-order valence-electron chi connectivity index (χ2n) is 6.30. The molecule has 0 aliphatic heterocycles. The maximum Gasteiger partial charge on any atom is 0.338 e. The summed E-state index contributed by atoms with van der Waals surface area (Å²) in [6.45, 7) is 2.55. The van der Waals surface area contributed by atoms with E-state index in [0.29, 0.717) is 23.4 Å². The first-order valence-corrected chi connectivity index (χ1v) is 10.8. The summed E-state index contributed by atoms with van der Waals surface area (Å²) in [7, 11) is -0.584. The molecule has 0 bridgehead atoms. The van der Waals surface area contributed by atoms with Crippen molar-refractivity contribution >= 4 is 43.0 Å². The largest absolute Gasteiger partial charge is 0.454 e. The summed E-state index contributed by atoms with van der Waals surface area (Å²) in [5, 5.41) is 0. The van der Waals surface area contributed by atoms with Gasteiger partial charge in [0.05, 0.1) is 21.5 Å². The predicted octanol–water partition coefficient (Wildman–Crippen LogP) is 3.43. The summed E-state index contributed by atoms with van der Waals surface area (Å²) in [5.74, 6) is 0.104. The number of carbonyl (C=O) groups is 1. The molecule has 9 heteroatoms. The average Bonchev–Trinajstić information content (AvgIpc) is 3.02. The van der Waals surface area contributed by atoms with E-state index in [1.54, 1.807) is 30.3 Å². The van der Waals surface area contributed by atoms with E-state index in [1.807, 2.05) is 17.6 Å². The van der Waals surface area contributed by atoms with Crippen LogP contribution >= 0.6 is 15.9 Å². The number of rotatable bonds is 6. The van der Waals surface area contributed by atoms with Crippen molar-refractivity contribution in [1.82, 2.24) is 13.9 Å². The Bertz CT molecular complexity index is 1140. The Hall–Kier alpha value is -2.23. The number of hydrogen-bond acceptors (Lipinski definition) is 5. The number of ether oxygens (including phenoxy) is 1. The van der Waals surface area contributed by atoms with Gasteiger partial charge < -0.3 is 9.30 Å². The molecule has 0 atom stereocenters. The van der Waals surface area contributed by atoms with Crippen molar-refractivity contribution in [3.8, 4) is 0 Å². The van der Waals surface area contributed by atoms with Crippen LogP contribution in [0.1, 0.15) is 23.1 Å². The molecule has 0 aliphatic rings. The molecule has 3 aromatic rings. The molecule has 0 radical (unpaired) electrons. The molecule has 148 valence electrons. The summed E-state index contributed by atoms with van der Waals surface area (Å²) in [4.78, 5) is 16.9. The van der Waals surface area contributed by atoms with Gasteiger partial charge in [0.15, 0.2) is 0 Å². The molecule has 0 spiro atoms. The van der Waals surface area contributed by atoms with Crippen LogP contribution in [0.3, 0.4) is 0 Å². The summed E-state index contributed by atoms with van der Waals surface area (Å²) < 4.78 is 34.0. The molecule has 0 fully saturated rings. The van der Waals surface area contributed by atoms with Crippen LogP contribution in [0, 0.1) is 0 Å². The molecule has 1 heterocycles. The van der Waals surface area contributed by atoms with E-state index >= 15 is 0 Å². The van der Waals surface area contributed by atoms with Crippen LogP contribution in [-0.4, -0.2) is 42.3 Å². The summed E-state index contributed by atoms with van der Waals surface area (Å²) >= 11 is 3.33. The molecule has 7 nitrogen and oxygen atoms in total. The van der Waals surface area contributed by atoms with Gasteiger partial charge in [-0.05, 0) is 43.3 Å². The highest BCUT2D eigenvalue weighted by atomic mass is 79.9. The van der Waals surface area contributed by atoms with Gasteiger partial charge in [-0.25, -0.2) is 22.5 Å². The van der Waals surface area contributed by atoms with Crippen molar-refractivity contribution in [2.24, 2.45) is 0 Å². The molecule has 0 saturated heterocycles. The predicted molar refractivity (Wildman–Crippen MR) is 110 cm³/mol. The Morgan fingerprint density at radius 1 is 1.21 bits per heavy atom. The molecule has 3 rings (SSSR count). The van der Waals surface area contributed by atoms with E-state index in [1.165, 1.54) is 20.2 Å². The normalized spacial score (nSPS) is 11.9. The van der Waals surface area contributed by atoms with E-state index in [4.69, 9.17) is 4.74 Å². The third-order valence-electron chi connectivity index (χ3n) is 4.29. The zero-order valence-electron chi connectivity index (χ0n) is 15.7. The number of halogens is 1. The van der Waals surface area contributed by atoms with Gasteiger partial charge in [-0.3, -0.25) is 0 Å². The maximum atomic E-state index is 12.4. The molecule has 0 aliphatic carbocycles. The lowest BCUT2D eigenvalue weighted by molar-refractivity contribution is 0.0458. The van der Waals surface area contributed by atoms with Gasteiger partial charge in [-0.2, -0.15) is 0 Å². The fourth-order valence-electron chi connectivity index (χ4n) is 2.82. The Labute approximate surface area is 172 Å². The molecule has 28 heavy (non-hydrogen) atoms. The molecule has 0 unspecified atom stereocenters. The second-order valence-corrected chi connectivity index (χ2v) is 9.36. The number of aromatic nitrogens is 2. The lowest BCUT2D eigenvalue weighted by Gasteiger charge is -2.11. The zero-order chi connectivity index (χ0) is 20.5. The quantitative estimate of drug-likeness (QED) is 0.520. The number of nitrogens with zero attached hydrogens (tertiary/aromatic N) is 3. The van der Waals surface area contributed by atoms with Crippen LogP contribution in [0.5, 0.6) is 0 Å². The van der Waals surface area contributed by atoms with E-state index in [0.717, 1.165) is 14.3 Å². The van der Waals surface area contributed by atoms with Crippen LogP contribution in [0.4, 0.5) is 0 Å². The number of sulfonamides is 1. The average molecular weight is 466 g/mol. The standard InChI is InChI=1S/C19H20BrN3O4S/c1-4-23-17-9-8-15(28(25,26)22(2)3)11-16(17)21-18(23)12-27-19(24)13-6-5-7-14(20)10-13/h5-11H,4,12H2,1-3H3. The van der Waals surface area contributed by atoms with Crippen LogP contribution in [0.2, 0.25) is 0 Å². The van der Waals surface area contributed by atoms with Gasteiger partial charge >= 0.3 is 5.97 Å². The number of benzene rings is 2. The van der Waals surface area contributed by atoms with Gasteiger partial charge in [0, 0.05) is 25.1 Å². The van der Waals surface area contributed by atoms with Crippen LogP contribution in [-0.2, 0) is 27.9 Å². The van der Waals surface area contributed by atoms with Crippen molar-refractivity contribution < 1.29 is 17.9 Å². The summed E-state index contributed by atoms with van der Waals surface area (Å²) in [5.41, 5.74) is 1.76. The second kappa shape index (κ2) is 8.02. The van der Waals surface area contributed by atoms with Crippen molar-refractivity contribution in [2.45, 2.75) is 25.0 Å². The third kappa shape index (κ3) is 3.96. The monoisotopic (exact) mass is 465 g/mol. The van der Waals surface area contributed by atoms with Gasteiger partial charge in [0.2, 0.25) is 10.0 Å². The number of fused-ring (bicyclic) bond motifs is 1. The van der Waals surface area contributed by atoms with E-state index < -0.39 is 16.0 Å². The third-order valence-corrected chi connectivity index (χ3v) is 6.59. The van der Waals surface area contributed by atoms with Crippen LogP contribution < -0.4 is 0 Å². The zero-order valence-corrected chi connectivity index (χ0v) is 18.1. The van der Waals surface area contributed by atoms with Crippen molar-refractivity contribution in [1.29, 1.82) is 0 Å². The molecule has 1 aromatic heterocycles. The molecule has 0 amide bonds. The number of esters is 1. The molecule has 2 aromatic carbocycles. The highest BCUT2D eigenvalue weighted by molar-refractivity contribution is 9.10. The smallest absolute Gasteiger partial charge is 0.338 e. The number of carbonyl (C=O) groups excluding carboxylic acids is 1. The van der Waals surface area contributed by atoms with E-state index in [2.05, 4.69) is 20.9 Å². The van der Waals surface area contributed by atoms with Crippen molar-refractivity contribution in [3.63, 3.8) is 0 Å². The first-order valence-electron chi connectivity index (χ1n) is 8.58. The lowest BCUT2D eigenvalue weighted by Crippen LogP contribution is -2.22. The number of hydrogen-bond donors (Lipinski definition) is 0. The maximum absolute atomic E-state index is 12.4. The fraction of sp³-hybridized carbons (Fsp3) is 0.263. The minimum Gasteiger partial charge on any atom is -0.454 e. The van der Waals surface area contributed by atoms with Crippen molar-refractivity contribution in [3.05, 3.63) is 58.3 Å². The topological polar surface area (TPSA) is 81.5 Å². The summed E-state index contributed by atoms with van der Waals surface area (Å²) in [6.07, 6.45) is 0. The van der Waals surface area contributed by atoms with Crippen LogP contribution in [0.25, 0.3) is 11.0 Å². The highest BCUT2D eigenvalue weighted by Gasteiger charge is 2.20. The first kappa shape index (κ1) is 20.5. The lowest BCUT2D eigenvalue weighted by atomic mass is 10.2. The van der Waals surface area contributed by atoms with E-state index in [-0.39, 0.29) is 11.5 Å². The molecular formula is C19H20BrN3O4S. The van der Waals surface area contributed by atoms with Gasteiger partial charge in [-0.15, -0.1) is 0 Å². The molecule has 0 N–H and O–H groups in total. The Morgan fingerprint density at radius 3 is 2.61 bits per heavy atom. The van der Waals surface area contributed by atoms with Crippen molar-refractivity contribution in [2.75, 3.05) is 14.1 Å². The molecular weight excluding hydrogens is 446 g/mol.